The Morgan fingerprint density at radius 3 is 2.89 bits per heavy atom. The Morgan fingerprint density at radius 2 is 2.21 bits per heavy atom. The van der Waals surface area contributed by atoms with Gasteiger partial charge in [0.15, 0.2) is 0 Å². The molecular formula is C16H20N2O. The van der Waals surface area contributed by atoms with Gasteiger partial charge in [0.2, 0.25) is 5.56 Å². The van der Waals surface area contributed by atoms with Gasteiger partial charge in [-0.3, -0.25) is 4.79 Å². The van der Waals surface area contributed by atoms with E-state index in [0.29, 0.717) is 5.92 Å². The van der Waals surface area contributed by atoms with E-state index in [1.54, 1.807) is 6.07 Å². The molecule has 1 aromatic heterocycles. The topological polar surface area (TPSA) is 58.9 Å². The molecule has 3 nitrogen and oxygen atoms in total. The molecule has 2 aliphatic rings. The fourth-order valence-electron chi connectivity index (χ4n) is 3.83. The molecule has 0 radical (unpaired) electrons. The highest BCUT2D eigenvalue weighted by Gasteiger charge is 2.46. The Labute approximate surface area is 113 Å². The first kappa shape index (κ1) is 12.4. The molecule has 0 fully saturated rings. The Balaban J connectivity index is 2.34. The molecule has 3 atom stereocenters. The fraction of sp³-hybridized carbons (Fsp3) is 0.438. The van der Waals surface area contributed by atoms with E-state index in [9.17, 15) is 4.79 Å². The molecule has 2 unspecified atom stereocenters. The van der Waals surface area contributed by atoms with Crippen LogP contribution < -0.4 is 11.3 Å². The predicted octanol–water partition coefficient (Wildman–Crippen LogP) is 2.56. The van der Waals surface area contributed by atoms with Gasteiger partial charge < -0.3 is 10.7 Å². The molecule has 100 valence electrons. The molecule has 19 heavy (non-hydrogen) atoms. The molecule has 2 bridgehead atoms. The van der Waals surface area contributed by atoms with Crippen LogP contribution in [0.25, 0.3) is 0 Å². The summed E-state index contributed by atoms with van der Waals surface area (Å²) in [5, 5.41) is 0. The lowest BCUT2D eigenvalue weighted by Crippen LogP contribution is -2.49. The van der Waals surface area contributed by atoms with Crippen LogP contribution >= 0.6 is 0 Å². The summed E-state index contributed by atoms with van der Waals surface area (Å²) in [6, 6.07) is 3.49. The Bertz CT molecular complexity index is 653. The van der Waals surface area contributed by atoms with Gasteiger partial charge in [0, 0.05) is 23.6 Å². The number of pyridine rings is 1. The van der Waals surface area contributed by atoms with Gasteiger partial charge in [0.1, 0.15) is 0 Å². The second-order valence-electron chi connectivity index (χ2n) is 5.87. The van der Waals surface area contributed by atoms with E-state index in [0.717, 1.165) is 17.7 Å². The van der Waals surface area contributed by atoms with Gasteiger partial charge in [-0.05, 0) is 37.5 Å². The third-order valence-corrected chi connectivity index (χ3v) is 4.63. The van der Waals surface area contributed by atoms with Gasteiger partial charge in [-0.15, -0.1) is 0 Å². The molecule has 0 saturated carbocycles. The number of allylic oxidation sites excluding steroid dienone is 2. The second-order valence-corrected chi connectivity index (χ2v) is 5.87. The molecular weight excluding hydrogens is 236 g/mol. The first-order chi connectivity index (χ1) is 8.97. The second kappa shape index (κ2) is 3.94. The van der Waals surface area contributed by atoms with Gasteiger partial charge in [0.25, 0.3) is 0 Å². The van der Waals surface area contributed by atoms with Crippen LogP contribution in [0.15, 0.2) is 40.2 Å². The zero-order chi connectivity index (χ0) is 13.8. The van der Waals surface area contributed by atoms with Crippen molar-refractivity contribution in [2.75, 3.05) is 0 Å². The average Bonchev–Trinajstić information content (AvgIpc) is 2.35. The minimum Gasteiger partial charge on any atom is -0.326 e. The maximum atomic E-state index is 11.6. The normalized spacial score (nSPS) is 34.9. The Kier molecular flexibility index (Phi) is 2.58. The third-order valence-electron chi connectivity index (χ3n) is 4.63. The molecule has 0 amide bonds. The van der Waals surface area contributed by atoms with Crippen molar-refractivity contribution in [3.63, 3.8) is 0 Å². The predicted molar refractivity (Wildman–Crippen MR) is 77.0 cm³/mol. The average molecular weight is 256 g/mol. The summed E-state index contributed by atoms with van der Waals surface area (Å²) in [6.07, 6.45) is 5.28. The fourth-order valence-corrected chi connectivity index (χ4v) is 3.83. The lowest BCUT2D eigenvalue weighted by atomic mass is 9.60. The quantitative estimate of drug-likeness (QED) is 0.701. The minimum atomic E-state index is -0.454. The number of aromatic amines is 1. The van der Waals surface area contributed by atoms with Crippen molar-refractivity contribution in [2.45, 2.75) is 38.6 Å². The molecule has 1 heterocycles. The third kappa shape index (κ3) is 1.58. The van der Waals surface area contributed by atoms with E-state index in [2.05, 4.69) is 37.9 Å². The van der Waals surface area contributed by atoms with E-state index in [4.69, 9.17) is 5.73 Å². The summed E-state index contributed by atoms with van der Waals surface area (Å²) in [6.45, 7) is 6.36. The Morgan fingerprint density at radius 1 is 1.47 bits per heavy atom. The summed E-state index contributed by atoms with van der Waals surface area (Å²) in [4.78, 5) is 14.6. The van der Waals surface area contributed by atoms with Gasteiger partial charge in [-0.1, -0.05) is 24.6 Å². The van der Waals surface area contributed by atoms with Crippen LogP contribution in [0.5, 0.6) is 0 Å². The van der Waals surface area contributed by atoms with Crippen molar-refractivity contribution in [3.8, 4) is 0 Å². The van der Waals surface area contributed by atoms with E-state index < -0.39 is 5.54 Å². The van der Waals surface area contributed by atoms with Crippen molar-refractivity contribution in [3.05, 3.63) is 57.0 Å². The lowest BCUT2D eigenvalue weighted by Gasteiger charge is -2.48. The SMILES string of the molecule is CC=C1C2C=C(C)CC1(N)c1ccc(=O)[nH]c1[C@H]2C. The van der Waals surface area contributed by atoms with Crippen molar-refractivity contribution in [2.24, 2.45) is 11.7 Å². The molecule has 1 aromatic rings. The zero-order valence-corrected chi connectivity index (χ0v) is 11.7. The smallest absolute Gasteiger partial charge is 0.248 e. The zero-order valence-electron chi connectivity index (χ0n) is 11.7. The minimum absolute atomic E-state index is 0.0445. The van der Waals surface area contributed by atoms with Crippen LogP contribution in [0.2, 0.25) is 0 Å². The molecule has 3 rings (SSSR count). The standard InChI is InChI=1S/C16H20N2O/c1-4-12-11-7-9(2)8-16(12,17)13-5-6-14(19)18-15(13)10(11)3/h4-7,10-11H,8,17H2,1-3H3,(H,18,19)/t10-,11?,16?/m0/s1. The summed E-state index contributed by atoms with van der Waals surface area (Å²) in [5.74, 6) is 0.566. The number of hydrogen-bond acceptors (Lipinski definition) is 2. The monoisotopic (exact) mass is 256 g/mol. The largest absolute Gasteiger partial charge is 0.326 e. The highest BCUT2D eigenvalue weighted by molar-refractivity contribution is 5.50. The lowest BCUT2D eigenvalue weighted by molar-refractivity contribution is 0.376. The summed E-state index contributed by atoms with van der Waals surface area (Å²) >= 11 is 0. The number of fused-ring (bicyclic) bond motifs is 4. The van der Waals surface area contributed by atoms with Crippen LogP contribution in [0.4, 0.5) is 0 Å². The first-order valence-electron chi connectivity index (χ1n) is 6.84. The van der Waals surface area contributed by atoms with Crippen LogP contribution in [0.1, 0.15) is 44.4 Å². The van der Waals surface area contributed by atoms with E-state index in [-0.39, 0.29) is 11.5 Å². The van der Waals surface area contributed by atoms with Crippen molar-refractivity contribution in [1.82, 2.24) is 4.98 Å². The number of nitrogens with two attached hydrogens (primary N) is 1. The van der Waals surface area contributed by atoms with Crippen LogP contribution in [0.3, 0.4) is 0 Å². The van der Waals surface area contributed by atoms with Gasteiger partial charge in [-0.2, -0.15) is 0 Å². The number of nitrogens with one attached hydrogen (secondary N) is 1. The van der Waals surface area contributed by atoms with Crippen LogP contribution in [-0.2, 0) is 5.54 Å². The van der Waals surface area contributed by atoms with Gasteiger partial charge in [0.05, 0.1) is 5.54 Å². The van der Waals surface area contributed by atoms with Crippen molar-refractivity contribution in [1.29, 1.82) is 0 Å². The molecule has 3 N–H and O–H groups in total. The number of rotatable bonds is 0. The molecule has 2 aliphatic carbocycles. The van der Waals surface area contributed by atoms with E-state index in [1.807, 2.05) is 6.07 Å². The number of hydrogen-bond donors (Lipinski definition) is 2. The highest BCUT2D eigenvalue weighted by Crippen LogP contribution is 2.52. The highest BCUT2D eigenvalue weighted by atomic mass is 16.1. The first-order valence-corrected chi connectivity index (χ1v) is 6.84. The van der Waals surface area contributed by atoms with Crippen molar-refractivity contribution < 1.29 is 0 Å². The number of H-pyrrole nitrogens is 1. The van der Waals surface area contributed by atoms with Crippen LogP contribution in [0, 0.1) is 5.92 Å². The molecule has 0 aliphatic heterocycles. The maximum Gasteiger partial charge on any atom is 0.248 e. The van der Waals surface area contributed by atoms with Crippen LogP contribution in [-0.4, -0.2) is 4.98 Å². The van der Waals surface area contributed by atoms with Gasteiger partial charge in [-0.25, -0.2) is 0 Å². The van der Waals surface area contributed by atoms with E-state index in [1.165, 1.54) is 11.1 Å². The summed E-state index contributed by atoms with van der Waals surface area (Å²) < 4.78 is 0. The van der Waals surface area contributed by atoms with E-state index >= 15 is 0 Å². The molecule has 3 heteroatoms. The Hall–Kier alpha value is -1.61. The van der Waals surface area contributed by atoms with Crippen molar-refractivity contribution >= 4 is 0 Å². The molecule has 0 spiro atoms. The maximum absolute atomic E-state index is 11.6. The van der Waals surface area contributed by atoms with Gasteiger partial charge >= 0.3 is 0 Å². The number of aromatic nitrogens is 1. The molecule has 0 saturated heterocycles. The summed E-state index contributed by atoms with van der Waals surface area (Å²) in [7, 11) is 0. The summed E-state index contributed by atoms with van der Waals surface area (Å²) in [5.41, 5.74) is 10.9. The molecule has 0 aromatic carbocycles.